The van der Waals surface area contributed by atoms with Crippen molar-refractivity contribution in [2.45, 2.75) is 26.8 Å². The Morgan fingerprint density at radius 1 is 1.40 bits per heavy atom. The third-order valence-electron chi connectivity index (χ3n) is 3.16. The number of ether oxygens (including phenoxy) is 1. The molecule has 0 unspecified atom stereocenters. The van der Waals surface area contributed by atoms with Crippen LogP contribution < -0.4 is 5.32 Å². The van der Waals surface area contributed by atoms with E-state index in [0.717, 1.165) is 0 Å². The summed E-state index contributed by atoms with van der Waals surface area (Å²) in [5.41, 5.74) is 0.552. The summed E-state index contributed by atoms with van der Waals surface area (Å²) in [4.78, 5) is 33.9. The summed E-state index contributed by atoms with van der Waals surface area (Å²) in [6.45, 7) is 4.72. The molecule has 1 aromatic carbocycles. The van der Waals surface area contributed by atoms with Gasteiger partial charge in [0.15, 0.2) is 12.3 Å². The molecule has 0 spiro atoms. The highest BCUT2D eigenvalue weighted by Crippen LogP contribution is 2.18. The second-order valence-electron chi connectivity index (χ2n) is 5.51. The van der Waals surface area contributed by atoms with Crippen LogP contribution in [0.15, 0.2) is 24.3 Å². The molecule has 25 heavy (non-hydrogen) atoms. The molecule has 0 aliphatic rings. The van der Waals surface area contributed by atoms with Crippen LogP contribution in [0.5, 0.6) is 0 Å². The molecule has 1 aromatic heterocycles. The SMILES string of the molecule is Cc1c(C(=O)OCC(=O)NC(C)C)nnn1-c1cccc([N+](=O)[O-])c1. The summed E-state index contributed by atoms with van der Waals surface area (Å²) in [6.07, 6.45) is 0. The van der Waals surface area contributed by atoms with E-state index < -0.39 is 23.4 Å². The Balaban J connectivity index is 2.15. The van der Waals surface area contributed by atoms with Gasteiger partial charge in [-0.1, -0.05) is 11.3 Å². The number of amides is 1. The molecule has 1 N–H and O–H groups in total. The Morgan fingerprint density at radius 3 is 2.76 bits per heavy atom. The van der Waals surface area contributed by atoms with Crippen molar-refractivity contribution in [3.05, 3.63) is 45.8 Å². The van der Waals surface area contributed by atoms with Crippen molar-refractivity contribution in [3.8, 4) is 5.69 Å². The number of non-ortho nitro benzene ring substituents is 1. The molecule has 1 heterocycles. The van der Waals surface area contributed by atoms with Crippen LogP contribution in [0.3, 0.4) is 0 Å². The smallest absolute Gasteiger partial charge is 0.361 e. The highest BCUT2D eigenvalue weighted by atomic mass is 16.6. The number of aromatic nitrogens is 3. The van der Waals surface area contributed by atoms with Gasteiger partial charge >= 0.3 is 5.97 Å². The average Bonchev–Trinajstić information content (AvgIpc) is 2.93. The zero-order chi connectivity index (χ0) is 18.6. The summed E-state index contributed by atoms with van der Waals surface area (Å²) in [6, 6.07) is 5.69. The van der Waals surface area contributed by atoms with E-state index in [0.29, 0.717) is 11.4 Å². The Hall–Kier alpha value is -3.30. The number of hydrogen-bond donors (Lipinski definition) is 1. The normalized spacial score (nSPS) is 10.6. The van der Waals surface area contributed by atoms with Gasteiger partial charge in [-0.3, -0.25) is 14.9 Å². The molecule has 0 saturated carbocycles. The molecule has 0 aliphatic carbocycles. The maximum Gasteiger partial charge on any atom is 0.361 e. The van der Waals surface area contributed by atoms with Crippen LogP contribution in [0.2, 0.25) is 0 Å². The minimum absolute atomic E-state index is 0.0659. The van der Waals surface area contributed by atoms with E-state index in [2.05, 4.69) is 15.6 Å². The molecular formula is C15H17N5O5. The molecule has 10 nitrogen and oxygen atoms in total. The molecule has 2 aromatic rings. The molecule has 0 radical (unpaired) electrons. The number of nitrogens with zero attached hydrogens (tertiary/aromatic N) is 4. The highest BCUT2D eigenvalue weighted by molar-refractivity contribution is 5.90. The maximum absolute atomic E-state index is 12.0. The number of nitro groups is 1. The van der Waals surface area contributed by atoms with Crippen molar-refractivity contribution in [1.29, 1.82) is 0 Å². The van der Waals surface area contributed by atoms with Crippen molar-refractivity contribution in [2.75, 3.05) is 6.61 Å². The largest absolute Gasteiger partial charge is 0.451 e. The summed E-state index contributed by atoms with van der Waals surface area (Å²) >= 11 is 0. The fourth-order valence-electron chi connectivity index (χ4n) is 2.06. The van der Waals surface area contributed by atoms with Gasteiger partial charge in [-0.2, -0.15) is 0 Å². The number of nitro benzene ring substituents is 1. The minimum atomic E-state index is -0.798. The molecule has 0 fully saturated rings. The van der Waals surface area contributed by atoms with Crippen molar-refractivity contribution >= 4 is 17.6 Å². The second kappa shape index (κ2) is 7.51. The van der Waals surface area contributed by atoms with Gasteiger partial charge in [0, 0.05) is 18.2 Å². The Bertz CT molecular complexity index is 814. The molecule has 0 atom stereocenters. The summed E-state index contributed by atoms with van der Waals surface area (Å²) in [7, 11) is 0. The number of rotatable bonds is 6. The first kappa shape index (κ1) is 18.0. The predicted octanol–water partition coefficient (Wildman–Crippen LogP) is 1.17. The van der Waals surface area contributed by atoms with Gasteiger partial charge in [0.2, 0.25) is 0 Å². The summed E-state index contributed by atoms with van der Waals surface area (Å²) in [5, 5.41) is 21.0. The minimum Gasteiger partial charge on any atom is -0.451 e. The van der Waals surface area contributed by atoms with Gasteiger partial charge in [-0.05, 0) is 26.8 Å². The summed E-state index contributed by atoms with van der Waals surface area (Å²) in [5.74, 6) is -1.22. The Labute approximate surface area is 142 Å². The van der Waals surface area contributed by atoms with Crippen molar-refractivity contribution in [1.82, 2.24) is 20.3 Å². The lowest BCUT2D eigenvalue weighted by molar-refractivity contribution is -0.384. The van der Waals surface area contributed by atoms with Crippen LogP contribution in [0.1, 0.15) is 30.0 Å². The molecule has 1 amide bonds. The molecule has 0 aliphatic heterocycles. The molecule has 0 bridgehead atoms. The number of hydrogen-bond acceptors (Lipinski definition) is 7. The zero-order valence-electron chi connectivity index (χ0n) is 13.9. The van der Waals surface area contributed by atoms with E-state index in [1.165, 1.54) is 22.9 Å². The molecule has 10 heteroatoms. The number of esters is 1. The van der Waals surface area contributed by atoms with Crippen LogP contribution in [-0.4, -0.2) is 44.4 Å². The van der Waals surface area contributed by atoms with E-state index in [1.54, 1.807) is 26.8 Å². The van der Waals surface area contributed by atoms with E-state index in [4.69, 9.17) is 4.74 Å². The van der Waals surface area contributed by atoms with Gasteiger partial charge in [0.05, 0.1) is 16.3 Å². The van der Waals surface area contributed by atoms with E-state index in [-0.39, 0.29) is 17.4 Å². The van der Waals surface area contributed by atoms with Crippen LogP contribution >= 0.6 is 0 Å². The number of carbonyl (C=O) groups is 2. The lowest BCUT2D eigenvalue weighted by atomic mass is 10.2. The second-order valence-corrected chi connectivity index (χ2v) is 5.51. The number of carbonyl (C=O) groups excluding carboxylic acids is 2. The standard InChI is InChI=1S/C15H17N5O5/c1-9(2)16-13(21)8-25-15(22)14-10(3)19(18-17-14)11-5-4-6-12(7-11)20(23)24/h4-7,9H,8H2,1-3H3,(H,16,21). The molecular weight excluding hydrogens is 330 g/mol. The lowest BCUT2D eigenvalue weighted by Gasteiger charge is -2.08. The number of nitrogens with one attached hydrogen (secondary N) is 1. The van der Waals surface area contributed by atoms with Crippen LogP contribution in [-0.2, 0) is 9.53 Å². The quantitative estimate of drug-likeness (QED) is 0.471. The zero-order valence-corrected chi connectivity index (χ0v) is 13.9. The third-order valence-corrected chi connectivity index (χ3v) is 3.16. The topological polar surface area (TPSA) is 129 Å². The van der Waals surface area contributed by atoms with E-state index >= 15 is 0 Å². The molecule has 0 saturated heterocycles. The van der Waals surface area contributed by atoms with Crippen LogP contribution in [0.25, 0.3) is 5.69 Å². The molecule has 132 valence electrons. The Kier molecular flexibility index (Phi) is 5.42. The Morgan fingerprint density at radius 2 is 2.12 bits per heavy atom. The van der Waals surface area contributed by atoms with Crippen LogP contribution in [0.4, 0.5) is 5.69 Å². The summed E-state index contributed by atoms with van der Waals surface area (Å²) < 4.78 is 6.20. The molecule has 2 rings (SSSR count). The lowest BCUT2D eigenvalue weighted by Crippen LogP contribution is -2.34. The van der Waals surface area contributed by atoms with Crippen molar-refractivity contribution < 1.29 is 19.2 Å². The van der Waals surface area contributed by atoms with Crippen molar-refractivity contribution in [3.63, 3.8) is 0 Å². The highest BCUT2D eigenvalue weighted by Gasteiger charge is 2.20. The first-order valence-corrected chi connectivity index (χ1v) is 7.43. The average molecular weight is 347 g/mol. The third kappa shape index (κ3) is 4.37. The first-order chi connectivity index (χ1) is 11.8. The monoisotopic (exact) mass is 347 g/mol. The van der Waals surface area contributed by atoms with Gasteiger partial charge in [0.25, 0.3) is 11.6 Å². The van der Waals surface area contributed by atoms with Crippen LogP contribution in [0, 0.1) is 17.0 Å². The number of benzene rings is 1. The van der Waals surface area contributed by atoms with Gasteiger partial charge in [-0.25, -0.2) is 9.48 Å². The fraction of sp³-hybridized carbons (Fsp3) is 0.333. The van der Waals surface area contributed by atoms with Gasteiger partial charge < -0.3 is 10.1 Å². The van der Waals surface area contributed by atoms with Gasteiger partial charge in [0.1, 0.15) is 0 Å². The van der Waals surface area contributed by atoms with Crippen molar-refractivity contribution in [2.24, 2.45) is 0 Å². The predicted molar refractivity (Wildman–Crippen MR) is 86.3 cm³/mol. The maximum atomic E-state index is 12.0. The first-order valence-electron chi connectivity index (χ1n) is 7.43. The fourth-order valence-corrected chi connectivity index (χ4v) is 2.06. The van der Waals surface area contributed by atoms with E-state index in [9.17, 15) is 19.7 Å². The van der Waals surface area contributed by atoms with Gasteiger partial charge in [-0.15, -0.1) is 5.10 Å². The van der Waals surface area contributed by atoms with E-state index in [1.807, 2.05) is 0 Å².